The average molecular weight is 314 g/mol. The van der Waals surface area contributed by atoms with Crippen molar-refractivity contribution in [3.05, 3.63) is 22.2 Å². The highest BCUT2D eigenvalue weighted by molar-refractivity contribution is 5.71. The second kappa shape index (κ2) is 8.03. The predicted octanol–water partition coefficient (Wildman–Crippen LogP) is 2.24. The number of hydrogen-bond acceptors (Lipinski definition) is 8. The number of benzene rings is 1. The van der Waals surface area contributed by atoms with E-state index in [1.165, 1.54) is 26.4 Å². The van der Waals surface area contributed by atoms with E-state index in [0.29, 0.717) is 11.6 Å². The third-order valence-corrected chi connectivity index (χ3v) is 2.50. The van der Waals surface area contributed by atoms with Crippen LogP contribution in [0.1, 0.15) is 20.3 Å². The Kier molecular flexibility index (Phi) is 6.39. The first-order valence-corrected chi connectivity index (χ1v) is 6.46. The van der Waals surface area contributed by atoms with Gasteiger partial charge >= 0.3 is 11.7 Å². The molecule has 0 saturated heterocycles. The normalized spacial score (nSPS) is 10.0. The van der Waals surface area contributed by atoms with Crippen LogP contribution >= 0.6 is 0 Å². The lowest BCUT2D eigenvalue weighted by atomic mass is 10.2. The fourth-order valence-electron chi connectivity index (χ4n) is 1.59. The van der Waals surface area contributed by atoms with Crippen molar-refractivity contribution >= 4 is 17.3 Å². The average Bonchev–Trinajstić information content (AvgIpc) is 2.49. The second-order valence-corrected chi connectivity index (χ2v) is 4.13. The van der Waals surface area contributed by atoms with Gasteiger partial charge in [0.15, 0.2) is 17.2 Å². The van der Waals surface area contributed by atoms with Crippen molar-refractivity contribution in [2.75, 3.05) is 26.1 Å². The Balaban J connectivity index is 3.37. The molecule has 0 amide bonds. The first kappa shape index (κ1) is 17.5. The quantitative estimate of drug-likeness (QED) is 0.532. The van der Waals surface area contributed by atoms with E-state index in [1.807, 2.05) is 6.92 Å². The molecule has 22 heavy (non-hydrogen) atoms. The van der Waals surface area contributed by atoms with Gasteiger partial charge in [-0.15, -0.1) is 0 Å². The van der Waals surface area contributed by atoms with E-state index in [-0.39, 0.29) is 29.5 Å². The molecule has 0 N–H and O–H groups in total. The van der Waals surface area contributed by atoms with Crippen LogP contribution in [0.5, 0.6) is 11.5 Å². The van der Waals surface area contributed by atoms with Crippen LogP contribution in [-0.4, -0.2) is 31.7 Å². The Morgan fingerprint density at radius 1 is 1.27 bits per heavy atom. The minimum atomic E-state index is -0.680. The first-order valence-electron chi connectivity index (χ1n) is 6.46. The van der Waals surface area contributed by atoms with Crippen molar-refractivity contribution in [1.29, 1.82) is 0 Å². The Morgan fingerprint density at radius 2 is 1.86 bits per heavy atom. The van der Waals surface area contributed by atoms with Gasteiger partial charge in [-0.2, -0.15) is 0 Å². The molecule has 0 fully saturated rings. The van der Waals surface area contributed by atoms with Crippen LogP contribution in [-0.2, 0) is 14.5 Å². The number of nitrogens with zero attached hydrogens (tertiary/aromatic N) is 2. The molecule has 0 aliphatic heterocycles. The summed E-state index contributed by atoms with van der Waals surface area (Å²) in [5.74, 6) is -0.267. The maximum Gasteiger partial charge on any atom is 0.332 e. The molecule has 9 heteroatoms. The third-order valence-electron chi connectivity index (χ3n) is 2.50. The van der Waals surface area contributed by atoms with Crippen LogP contribution in [0, 0.1) is 10.1 Å². The highest BCUT2D eigenvalue weighted by atomic mass is 17.0. The Bertz CT molecular complexity index is 547. The van der Waals surface area contributed by atoms with Crippen LogP contribution in [0.15, 0.2) is 12.1 Å². The zero-order chi connectivity index (χ0) is 16.7. The number of methoxy groups -OCH3 is 2. The van der Waals surface area contributed by atoms with Crippen molar-refractivity contribution in [3.63, 3.8) is 0 Å². The van der Waals surface area contributed by atoms with Gasteiger partial charge in [-0.3, -0.25) is 10.1 Å². The monoisotopic (exact) mass is 314 g/mol. The molecule has 0 unspecified atom stereocenters. The predicted molar refractivity (Wildman–Crippen MR) is 76.7 cm³/mol. The van der Waals surface area contributed by atoms with Crippen LogP contribution in [0.2, 0.25) is 0 Å². The summed E-state index contributed by atoms with van der Waals surface area (Å²) in [5, 5.41) is 12.0. The first-order chi connectivity index (χ1) is 10.4. The van der Waals surface area contributed by atoms with Crippen LogP contribution in [0.4, 0.5) is 11.4 Å². The standard InChI is InChI=1S/C13H18N2O7/c1-5-6-21-15(22-9(2)16)11-8-13(20-4)12(19-3)7-10(11)14(17)18/h7-8H,5-6H2,1-4H3. The molecular weight excluding hydrogens is 296 g/mol. The Labute approximate surface area is 127 Å². The number of nitro benzene ring substituents is 1. The molecule has 0 aliphatic rings. The van der Waals surface area contributed by atoms with Gasteiger partial charge in [-0.1, -0.05) is 12.2 Å². The van der Waals surface area contributed by atoms with Crippen LogP contribution < -0.4 is 14.7 Å². The number of carbonyl (C=O) groups excluding carboxylic acids is 1. The molecule has 0 aromatic heterocycles. The molecule has 1 aromatic carbocycles. The molecule has 0 spiro atoms. The minimum absolute atomic E-state index is 0.0775. The Morgan fingerprint density at radius 3 is 2.32 bits per heavy atom. The summed E-state index contributed by atoms with van der Waals surface area (Å²) in [5.41, 5.74) is -0.429. The molecule has 0 saturated carbocycles. The van der Waals surface area contributed by atoms with E-state index in [0.717, 1.165) is 6.92 Å². The van der Waals surface area contributed by atoms with Crippen LogP contribution in [0.3, 0.4) is 0 Å². The lowest BCUT2D eigenvalue weighted by Gasteiger charge is -2.21. The van der Waals surface area contributed by atoms with Crippen molar-refractivity contribution in [2.24, 2.45) is 0 Å². The number of hydrogen-bond donors (Lipinski definition) is 0. The smallest absolute Gasteiger partial charge is 0.332 e. The number of ether oxygens (including phenoxy) is 2. The molecular formula is C13H18N2O7. The van der Waals surface area contributed by atoms with Crippen molar-refractivity contribution < 1.29 is 28.9 Å². The zero-order valence-electron chi connectivity index (χ0n) is 12.8. The summed E-state index contributed by atoms with van der Waals surface area (Å²) in [6.45, 7) is 3.21. The molecule has 1 rings (SSSR count). The van der Waals surface area contributed by atoms with Gasteiger partial charge in [0, 0.05) is 13.0 Å². The third kappa shape index (κ3) is 4.22. The highest BCUT2D eigenvalue weighted by Gasteiger charge is 2.27. The Hall–Kier alpha value is -2.55. The van der Waals surface area contributed by atoms with Gasteiger partial charge in [-0.05, 0) is 6.42 Å². The van der Waals surface area contributed by atoms with E-state index < -0.39 is 10.9 Å². The minimum Gasteiger partial charge on any atom is -0.493 e. The molecule has 9 nitrogen and oxygen atoms in total. The molecule has 0 radical (unpaired) electrons. The number of rotatable bonds is 8. The fraction of sp³-hybridized carbons (Fsp3) is 0.462. The van der Waals surface area contributed by atoms with E-state index in [1.54, 1.807) is 0 Å². The summed E-state index contributed by atoms with van der Waals surface area (Å²) in [6, 6.07) is 2.47. The number of carbonyl (C=O) groups is 1. The van der Waals surface area contributed by atoms with Crippen LogP contribution in [0.25, 0.3) is 0 Å². The number of anilines is 1. The van der Waals surface area contributed by atoms with E-state index >= 15 is 0 Å². The van der Waals surface area contributed by atoms with Gasteiger partial charge in [0.2, 0.25) is 0 Å². The maximum absolute atomic E-state index is 11.2. The summed E-state index contributed by atoms with van der Waals surface area (Å²) < 4.78 is 10.1. The van der Waals surface area contributed by atoms with E-state index in [9.17, 15) is 14.9 Å². The van der Waals surface area contributed by atoms with Gasteiger partial charge < -0.3 is 14.3 Å². The largest absolute Gasteiger partial charge is 0.493 e. The molecule has 0 heterocycles. The second-order valence-electron chi connectivity index (χ2n) is 4.13. The molecule has 0 atom stereocenters. The molecule has 0 aliphatic carbocycles. The highest BCUT2D eigenvalue weighted by Crippen LogP contribution is 2.39. The van der Waals surface area contributed by atoms with Gasteiger partial charge in [0.25, 0.3) is 0 Å². The summed E-state index contributed by atoms with van der Waals surface area (Å²) in [4.78, 5) is 31.9. The van der Waals surface area contributed by atoms with E-state index in [2.05, 4.69) is 0 Å². The summed E-state index contributed by atoms with van der Waals surface area (Å²) in [7, 11) is 2.75. The topological polar surface area (TPSA) is 100 Å². The SMILES string of the molecule is CCCON(OC(C)=O)c1cc(OC)c(OC)cc1[N+](=O)[O-]. The van der Waals surface area contributed by atoms with Crippen molar-refractivity contribution in [2.45, 2.75) is 20.3 Å². The molecule has 1 aromatic rings. The van der Waals surface area contributed by atoms with Crippen molar-refractivity contribution in [1.82, 2.24) is 0 Å². The lowest BCUT2D eigenvalue weighted by molar-refractivity contribution is -0.384. The van der Waals surface area contributed by atoms with Gasteiger partial charge in [0.05, 0.1) is 31.8 Å². The maximum atomic E-state index is 11.2. The zero-order valence-corrected chi connectivity index (χ0v) is 12.8. The van der Waals surface area contributed by atoms with E-state index in [4.69, 9.17) is 19.1 Å². The van der Waals surface area contributed by atoms with Crippen molar-refractivity contribution in [3.8, 4) is 11.5 Å². The molecule has 122 valence electrons. The fourth-order valence-corrected chi connectivity index (χ4v) is 1.59. The summed E-state index contributed by atoms with van der Waals surface area (Å²) in [6.07, 6.45) is 0.624. The lowest BCUT2D eigenvalue weighted by Crippen LogP contribution is -2.27. The number of nitro groups is 1. The van der Waals surface area contributed by atoms with Gasteiger partial charge in [-0.25, -0.2) is 9.63 Å². The molecule has 0 bridgehead atoms. The van der Waals surface area contributed by atoms with Gasteiger partial charge in [0.1, 0.15) is 0 Å². The summed E-state index contributed by atoms with van der Waals surface area (Å²) >= 11 is 0.